The van der Waals surface area contributed by atoms with E-state index in [1.165, 1.54) is 7.11 Å². The van der Waals surface area contributed by atoms with Gasteiger partial charge in [-0.1, -0.05) is 0 Å². The van der Waals surface area contributed by atoms with Crippen LogP contribution in [0.4, 0.5) is 5.69 Å². The van der Waals surface area contributed by atoms with Gasteiger partial charge >= 0.3 is 0 Å². The Bertz CT molecular complexity index is 1080. The van der Waals surface area contributed by atoms with E-state index >= 15 is 0 Å². The van der Waals surface area contributed by atoms with Crippen LogP contribution in [0.1, 0.15) is 28.9 Å². The van der Waals surface area contributed by atoms with Crippen molar-refractivity contribution in [2.75, 3.05) is 45.8 Å². The largest absolute Gasteiger partial charge is 0.490 e. The summed E-state index contributed by atoms with van der Waals surface area (Å²) in [6.45, 7) is 3.74. The number of anilines is 1. The molecule has 0 aromatic carbocycles. The molecule has 1 fully saturated rings. The van der Waals surface area contributed by atoms with Crippen LogP contribution in [0.15, 0.2) is 22.4 Å². The molecular formula is C20H26N8O3. The number of aryl methyl sites for hydroxylation is 1. The van der Waals surface area contributed by atoms with Gasteiger partial charge in [0.25, 0.3) is 11.5 Å². The molecule has 1 spiro atoms. The Kier molecular flexibility index (Phi) is 5.10. The number of aromatic nitrogens is 1. The van der Waals surface area contributed by atoms with Gasteiger partial charge in [0.15, 0.2) is 11.7 Å². The first-order valence-electron chi connectivity index (χ1n) is 10.1. The van der Waals surface area contributed by atoms with Crippen molar-refractivity contribution in [1.82, 2.24) is 25.0 Å². The zero-order valence-corrected chi connectivity index (χ0v) is 17.8. The number of fused-ring (bicyclic) bond motifs is 2. The lowest BCUT2D eigenvalue weighted by atomic mass is 9.96. The number of nitriles is 1. The summed E-state index contributed by atoms with van der Waals surface area (Å²) in [5.74, 6) is 0.661. The number of likely N-dealkylation sites (tertiary alicyclic amines) is 1. The van der Waals surface area contributed by atoms with E-state index in [0.717, 1.165) is 0 Å². The first-order chi connectivity index (χ1) is 14.8. The van der Waals surface area contributed by atoms with Crippen molar-refractivity contribution in [3.63, 3.8) is 0 Å². The summed E-state index contributed by atoms with van der Waals surface area (Å²) in [5.41, 5.74) is 0.227. The number of likely N-dealkylation sites (N-methyl/N-ethyl adjacent to an activating group) is 1. The highest BCUT2D eigenvalue weighted by molar-refractivity contribution is 5.97. The van der Waals surface area contributed by atoms with Gasteiger partial charge in [-0.25, -0.2) is 0 Å². The van der Waals surface area contributed by atoms with Crippen molar-refractivity contribution in [1.29, 1.82) is 10.7 Å². The lowest BCUT2D eigenvalue weighted by Crippen LogP contribution is -2.54. The zero-order valence-electron chi connectivity index (χ0n) is 17.8. The van der Waals surface area contributed by atoms with Crippen LogP contribution in [0.25, 0.3) is 0 Å². The number of ether oxygens (including phenoxy) is 1. The summed E-state index contributed by atoms with van der Waals surface area (Å²) >= 11 is 0. The van der Waals surface area contributed by atoms with Crippen molar-refractivity contribution in [3.8, 4) is 6.07 Å². The highest BCUT2D eigenvalue weighted by Crippen LogP contribution is 2.34. The van der Waals surface area contributed by atoms with E-state index in [4.69, 9.17) is 15.4 Å². The third-order valence-electron chi connectivity index (χ3n) is 6.14. The van der Waals surface area contributed by atoms with E-state index < -0.39 is 5.66 Å². The maximum Gasteiger partial charge on any atom is 0.276 e. The van der Waals surface area contributed by atoms with E-state index in [2.05, 4.69) is 22.0 Å². The molecule has 31 heavy (non-hydrogen) atoms. The maximum atomic E-state index is 13.5. The molecule has 4 rings (SSSR count). The van der Waals surface area contributed by atoms with Gasteiger partial charge in [0, 0.05) is 33.0 Å². The number of piperidine rings is 1. The second kappa shape index (κ2) is 7.63. The zero-order chi connectivity index (χ0) is 22.3. The smallest absolute Gasteiger partial charge is 0.276 e. The standard InChI is InChI=1S/C20H26N8O3/c1-12-10-13(24-17-15(31-3)16(22)26(2)11-23-17)19(30)28-14(12)18(29)25-20(28)4-7-27(8-5-20)9-6-21/h10,22-24H,4-5,7-9,11H2,1-3H3,(H,25,29). The van der Waals surface area contributed by atoms with Gasteiger partial charge in [-0.3, -0.25) is 24.5 Å². The summed E-state index contributed by atoms with van der Waals surface area (Å²) in [6, 6.07) is 3.81. The highest BCUT2D eigenvalue weighted by Gasteiger charge is 2.46. The Hall–Kier alpha value is -3.52. The molecular weight excluding hydrogens is 400 g/mol. The van der Waals surface area contributed by atoms with Gasteiger partial charge < -0.3 is 25.6 Å². The van der Waals surface area contributed by atoms with Gasteiger partial charge in [0.1, 0.15) is 17.0 Å². The summed E-state index contributed by atoms with van der Waals surface area (Å²) in [4.78, 5) is 30.0. The predicted octanol–water partition coefficient (Wildman–Crippen LogP) is -0.131. The maximum absolute atomic E-state index is 13.5. The number of nitrogens with one attached hydrogen (secondary N) is 4. The number of amidine groups is 1. The molecule has 11 nitrogen and oxygen atoms in total. The molecule has 4 heterocycles. The van der Waals surface area contributed by atoms with Crippen LogP contribution >= 0.6 is 0 Å². The van der Waals surface area contributed by atoms with Crippen molar-refractivity contribution in [2.45, 2.75) is 25.4 Å². The second-order valence-electron chi connectivity index (χ2n) is 8.06. The van der Waals surface area contributed by atoms with Crippen LogP contribution in [-0.2, 0) is 10.4 Å². The topological polar surface area (TPSA) is 139 Å². The molecule has 11 heteroatoms. The number of methoxy groups -OCH3 is 1. The SMILES string of the molecule is COC1=C(Nc2cc(C)c3n(c2=O)C2(CCN(CC#N)CC2)NC3=O)NCN(C)C1=N. The van der Waals surface area contributed by atoms with Crippen molar-refractivity contribution in [2.24, 2.45) is 0 Å². The number of carbonyl (C=O) groups is 1. The van der Waals surface area contributed by atoms with Gasteiger partial charge in [0.05, 0.1) is 26.4 Å². The summed E-state index contributed by atoms with van der Waals surface area (Å²) < 4.78 is 6.94. The molecule has 1 aromatic heterocycles. The summed E-state index contributed by atoms with van der Waals surface area (Å²) in [6.07, 6.45) is 1.08. The first-order valence-corrected chi connectivity index (χ1v) is 10.1. The Morgan fingerprint density at radius 1 is 1.35 bits per heavy atom. The van der Waals surface area contributed by atoms with Crippen LogP contribution in [0.2, 0.25) is 0 Å². The number of amides is 1. The molecule has 3 aliphatic heterocycles. The average Bonchev–Trinajstić information content (AvgIpc) is 3.03. The first kappa shape index (κ1) is 20.7. The number of hydrogen-bond acceptors (Lipinski definition) is 8. The minimum atomic E-state index is -0.802. The van der Waals surface area contributed by atoms with Crippen molar-refractivity contribution >= 4 is 17.4 Å². The lowest BCUT2D eigenvalue weighted by molar-refractivity contribution is 0.0777. The van der Waals surface area contributed by atoms with E-state index in [9.17, 15) is 9.59 Å². The average molecular weight is 426 g/mol. The van der Waals surface area contributed by atoms with Crippen LogP contribution in [0.5, 0.6) is 0 Å². The van der Waals surface area contributed by atoms with Gasteiger partial charge in [-0.15, -0.1) is 0 Å². The number of nitrogens with zero attached hydrogens (tertiary/aromatic N) is 4. The normalized spacial score (nSPS) is 20.3. The van der Waals surface area contributed by atoms with Crippen molar-refractivity contribution in [3.05, 3.63) is 39.3 Å². The van der Waals surface area contributed by atoms with E-state index in [1.54, 1.807) is 29.5 Å². The van der Waals surface area contributed by atoms with Crippen LogP contribution in [0.3, 0.4) is 0 Å². The van der Waals surface area contributed by atoms with Crippen LogP contribution in [-0.4, -0.2) is 66.6 Å². The van der Waals surface area contributed by atoms with Crippen LogP contribution < -0.4 is 21.5 Å². The summed E-state index contributed by atoms with van der Waals surface area (Å²) in [5, 5.41) is 26.4. The highest BCUT2D eigenvalue weighted by atomic mass is 16.5. The molecule has 0 unspecified atom stereocenters. The molecule has 3 aliphatic rings. The Morgan fingerprint density at radius 2 is 2.06 bits per heavy atom. The third kappa shape index (κ3) is 3.29. The Labute approximate surface area is 179 Å². The predicted molar refractivity (Wildman–Crippen MR) is 113 cm³/mol. The van der Waals surface area contributed by atoms with Gasteiger partial charge in [0.2, 0.25) is 5.76 Å². The fourth-order valence-corrected chi connectivity index (χ4v) is 4.46. The number of hydrogen-bond donors (Lipinski definition) is 4. The minimum Gasteiger partial charge on any atom is -0.490 e. The van der Waals surface area contributed by atoms with Gasteiger partial charge in [-0.2, -0.15) is 5.26 Å². The van der Waals surface area contributed by atoms with Crippen LogP contribution in [0, 0.1) is 23.7 Å². The molecule has 4 N–H and O–H groups in total. The molecule has 0 saturated carbocycles. The molecule has 0 aliphatic carbocycles. The minimum absolute atomic E-state index is 0.194. The number of rotatable bonds is 4. The fourth-order valence-electron chi connectivity index (χ4n) is 4.46. The second-order valence-corrected chi connectivity index (χ2v) is 8.06. The third-order valence-corrected chi connectivity index (χ3v) is 6.14. The molecule has 0 bridgehead atoms. The fraction of sp³-hybridized carbons (Fsp3) is 0.500. The molecule has 1 amide bonds. The molecule has 0 radical (unpaired) electrons. The monoisotopic (exact) mass is 426 g/mol. The molecule has 1 saturated heterocycles. The van der Waals surface area contributed by atoms with Gasteiger partial charge in [-0.05, 0) is 18.6 Å². The van der Waals surface area contributed by atoms with E-state index in [0.29, 0.717) is 67.7 Å². The Balaban J connectivity index is 1.74. The molecule has 164 valence electrons. The van der Waals surface area contributed by atoms with E-state index in [-0.39, 0.29) is 17.3 Å². The number of pyridine rings is 1. The Morgan fingerprint density at radius 3 is 2.71 bits per heavy atom. The quantitative estimate of drug-likeness (QED) is 0.489. The van der Waals surface area contributed by atoms with E-state index in [1.807, 2.05) is 4.90 Å². The number of carbonyl (C=O) groups excluding carboxylic acids is 1. The van der Waals surface area contributed by atoms with Crippen molar-refractivity contribution < 1.29 is 9.53 Å². The summed E-state index contributed by atoms with van der Waals surface area (Å²) in [7, 11) is 3.24. The lowest BCUT2D eigenvalue weighted by Gasteiger charge is -2.39. The molecule has 0 atom stereocenters. The molecule has 1 aromatic rings.